The van der Waals surface area contributed by atoms with E-state index in [1.165, 1.54) is 24.0 Å². The molecule has 0 bridgehead atoms. The highest BCUT2D eigenvalue weighted by Crippen LogP contribution is 2.34. The third-order valence-corrected chi connectivity index (χ3v) is 6.58. The number of aromatic nitrogens is 2. The average Bonchev–Trinajstić information content (AvgIpc) is 3.03. The van der Waals surface area contributed by atoms with Crippen LogP contribution in [-0.4, -0.2) is 15.3 Å². The fraction of sp³-hybridized carbons (Fsp3) is 0.455. The third-order valence-electron chi connectivity index (χ3n) is 5.15. The topological polar surface area (TPSA) is 31.0 Å². The van der Waals surface area contributed by atoms with Crippen LogP contribution in [0.4, 0.5) is 0 Å². The Labute approximate surface area is 170 Å². The number of benzene rings is 1. The molecule has 0 amide bonds. The predicted octanol–water partition coefficient (Wildman–Crippen LogP) is 6.42. The van der Waals surface area contributed by atoms with Crippen LogP contribution in [0.15, 0.2) is 39.9 Å². The van der Waals surface area contributed by atoms with Crippen molar-refractivity contribution < 1.29 is 4.42 Å². The van der Waals surface area contributed by atoms with Gasteiger partial charge in [0.15, 0.2) is 5.16 Å². The van der Waals surface area contributed by atoms with Crippen molar-refractivity contribution >= 4 is 35.1 Å². The summed E-state index contributed by atoms with van der Waals surface area (Å²) in [6.45, 7) is 5.27. The smallest absolute Gasteiger partial charge is 0.231 e. The average molecular weight is 399 g/mol. The third kappa shape index (κ3) is 3.99. The molecular formula is C22H26N2OS2. The lowest BCUT2D eigenvalue weighted by atomic mass is 9.97. The van der Waals surface area contributed by atoms with Gasteiger partial charge >= 0.3 is 0 Å². The molecule has 3 nitrogen and oxygen atoms in total. The first-order valence-corrected chi connectivity index (χ1v) is 11.2. The van der Waals surface area contributed by atoms with Gasteiger partial charge in [0, 0.05) is 17.7 Å². The summed E-state index contributed by atoms with van der Waals surface area (Å²) in [6, 6.07) is 10.5. The van der Waals surface area contributed by atoms with Gasteiger partial charge in [-0.25, -0.2) is 0 Å². The molecule has 0 aliphatic heterocycles. The minimum atomic E-state index is 0.683. The van der Waals surface area contributed by atoms with Crippen LogP contribution >= 0.6 is 24.0 Å². The standard InChI is InChI=1S/C22H26N2OS2/c1-15(2)12-13-27-22-23-20-19(17-10-6-7-11-18(17)25-20)21(26)24(22)14-16-8-4-3-5-9-16/h3-5,8-9,15H,6-7,10-14H2,1-2H3. The van der Waals surface area contributed by atoms with E-state index in [1.54, 1.807) is 11.8 Å². The molecule has 0 fully saturated rings. The van der Waals surface area contributed by atoms with Gasteiger partial charge in [0.1, 0.15) is 10.4 Å². The molecule has 4 rings (SSSR count). The number of thioether (sulfide) groups is 1. The Morgan fingerprint density at radius 2 is 1.96 bits per heavy atom. The quantitative estimate of drug-likeness (QED) is 0.272. The number of hydrogen-bond donors (Lipinski definition) is 0. The maximum absolute atomic E-state index is 6.14. The molecule has 0 N–H and O–H groups in total. The fourth-order valence-electron chi connectivity index (χ4n) is 3.62. The first-order valence-electron chi connectivity index (χ1n) is 9.85. The van der Waals surface area contributed by atoms with Crippen molar-refractivity contribution in [2.24, 2.45) is 5.92 Å². The fourth-order valence-corrected chi connectivity index (χ4v) is 5.27. The summed E-state index contributed by atoms with van der Waals surface area (Å²) in [7, 11) is 0. The second kappa shape index (κ2) is 8.19. The second-order valence-electron chi connectivity index (χ2n) is 7.69. The van der Waals surface area contributed by atoms with Gasteiger partial charge < -0.3 is 8.98 Å². The zero-order valence-corrected chi connectivity index (χ0v) is 17.7. The largest absolute Gasteiger partial charge is 0.442 e. The summed E-state index contributed by atoms with van der Waals surface area (Å²) >= 11 is 7.77. The van der Waals surface area contributed by atoms with Crippen molar-refractivity contribution in [3.05, 3.63) is 51.9 Å². The van der Waals surface area contributed by atoms with E-state index in [0.29, 0.717) is 5.92 Å². The van der Waals surface area contributed by atoms with Gasteiger partial charge in [-0.1, -0.05) is 68.2 Å². The van der Waals surface area contributed by atoms with Crippen LogP contribution in [0.3, 0.4) is 0 Å². The second-order valence-corrected chi connectivity index (χ2v) is 9.14. The molecule has 0 saturated heterocycles. The molecule has 1 aliphatic rings. The number of rotatable bonds is 6. The van der Waals surface area contributed by atoms with Crippen LogP contribution in [-0.2, 0) is 19.4 Å². The molecule has 0 unspecified atom stereocenters. The summed E-state index contributed by atoms with van der Waals surface area (Å²) in [6.07, 6.45) is 5.63. The summed E-state index contributed by atoms with van der Waals surface area (Å²) in [5.74, 6) is 2.83. The zero-order chi connectivity index (χ0) is 18.8. The minimum absolute atomic E-state index is 0.683. The Kier molecular flexibility index (Phi) is 5.69. The molecule has 0 radical (unpaired) electrons. The molecule has 3 aromatic rings. The van der Waals surface area contributed by atoms with E-state index in [4.69, 9.17) is 21.6 Å². The van der Waals surface area contributed by atoms with Crippen molar-refractivity contribution in [3.8, 4) is 0 Å². The van der Waals surface area contributed by atoms with E-state index < -0.39 is 0 Å². The summed E-state index contributed by atoms with van der Waals surface area (Å²) in [4.78, 5) is 4.93. The Hall–Kier alpha value is -1.59. The first kappa shape index (κ1) is 18.8. The van der Waals surface area contributed by atoms with Crippen LogP contribution in [0, 0.1) is 10.6 Å². The number of aryl methyl sites for hydroxylation is 2. The maximum atomic E-state index is 6.14. The van der Waals surface area contributed by atoms with E-state index in [9.17, 15) is 0 Å². The van der Waals surface area contributed by atoms with Crippen LogP contribution in [0.25, 0.3) is 11.1 Å². The molecule has 1 aliphatic carbocycles. The van der Waals surface area contributed by atoms with Crippen molar-refractivity contribution in [3.63, 3.8) is 0 Å². The minimum Gasteiger partial charge on any atom is -0.442 e. The molecule has 142 valence electrons. The van der Waals surface area contributed by atoms with Crippen molar-refractivity contribution in [1.82, 2.24) is 9.55 Å². The monoisotopic (exact) mass is 398 g/mol. The Bertz CT molecular complexity index is 989. The summed E-state index contributed by atoms with van der Waals surface area (Å²) < 4.78 is 9.23. The SMILES string of the molecule is CC(C)CCSc1nc2oc3c(c2c(=S)n1Cc1ccccc1)CCCC3. The zero-order valence-electron chi connectivity index (χ0n) is 16.0. The molecule has 27 heavy (non-hydrogen) atoms. The summed E-state index contributed by atoms with van der Waals surface area (Å²) in [5, 5.41) is 2.05. The van der Waals surface area contributed by atoms with E-state index in [2.05, 4.69) is 48.7 Å². The molecule has 0 saturated carbocycles. The van der Waals surface area contributed by atoms with Gasteiger partial charge in [0.2, 0.25) is 5.71 Å². The van der Waals surface area contributed by atoms with Gasteiger partial charge in [0.05, 0.1) is 11.9 Å². The number of hydrogen-bond acceptors (Lipinski definition) is 4. The van der Waals surface area contributed by atoms with Crippen LogP contribution in [0.5, 0.6) is 0 Å². The van der Waals surface area contributed by atoms with Crippen molar-refractivity contribution in [2.45, 2.75) is 57.7 Å². The summed E-state index contributed by atoms with van der Waals surface area (Å²) in [5.41, 5.74) is 3.29. The van der Waals surface area contributed by atoms with E-state index in [0.717, 1.165) is 58.2 Å². The normalized spacial score (nSPS) is 14.0. The molecular weight excluding hydrogens is 372 g/mol. The number of furan rings is 1. The van der Waals surface area contributed by atoms with Gasteiger partial charge in [-0.2, -0.15) is 4.98 Å². The Balaban J connectivity index is 1.80. The van der Waals surface area contributed by atoms with Crippen LogP contribution < -0.4 is 0 Å². The lowest BCUT2D eigenvalue weighted by molar-refractivity contribution is 0.495. The number of nitrogens with zero attached hydrogens (tertiary/aromatic N) is 2. The Morgan fingerprint density at radius 3 is 2.74 bits per heavy atom. The highest BCUT2D eigenvalue weighted by molar-refractivity contribution is 7.99. The Morgan fingerprint density at radius 1 is 1.19 bits per heavy atom. The molecule has 0 spiro atoms. The highest BCUT2D eigenvalue weighted by atomic mass is 32.2. The predicted molar refractivity (Wildman–Crippen MR) is 115 cm³/mol. The molecule has 2 aromatic heterocycles. The molecule has 5 heteroatoms. The van der Waals surface area contributed by atoms with Gasteiger partial charge in [0.25, 0.3) is 0 Å². The lowest BCUT2D eigenvalue weighted by Crippen LogP contribution is -2.09. The van der Waals surface area contributed by atoms with Crippen LogP contribution in [0.2, 0.25) is 0 Å². The lowest BCUT2D eigenvalue weighted by Gasteiger charge is -2.14. The molecule has 0 atom stereocenters. The maximum Gasteiger partial charge on any atom is 0.231 e. The highest BCUT2D eigenvalue weighted by Gasteiger charge is 2.22. The van der Waals surface area contributed by atoms with Gasteiger partial charge in [-0.05, 0) is 37.2 Å². The molecule has 2 heterocycles. The van der Waals surface area contributed by atoms with Crippen molar-refractivity contribution in [2.75, 3.05) is 5.75 Å². The van der Waals surface area contributed by atoms with Gasteiger partial charge in [-0.3, -0.25) is 0 Å². The van der Waals surface area contributed by atoms with Crippen molar-refractivity contribution in [1.29, 1.82) is 0 Å². The van der Waals surface area contributed by atoms with E-state index >= 15 is 0 Å². The first-order chi connectivity index (χ1) is 13.1. The van der Waals surface area contributed by atoms with E-state index in [1.807, 2.05) is 0 Å². The van der Waals surface area contributed by atoms with Gasteiger partial charge in [-0.15, -0.1) is 0 Å². The van der Waals surface area contributed by atoms with E-state index in [-0.39, 0.29) is 0 Å². The number of fused-ring (bicyclic) bond motifs is 3. The molecule has 1 aromatic carbocycles. The van der Waals surface area contributed by atoms with Crippen LogP contribution in [0.1, 0.15) is 50.0 Å².